The highest BCUT2D eigenvalue weighted by Gasteiger charge is 2.27. The fourth-order valence-electron chi connectivity index (χ4n) is 21.8. The highest BCUT2D eigenvalue weighted by molar-refractivity contribution is 7.27. The third-order valence-corrected chi connectivity index (χ3v) is 32.6. The third kappa shape index (κ3) is 12.7. The molecule has 0 aliphatic heterocycles. The number of rotatable bonds is 8. The molecule has 0 aliphatic carbocycles. The summed E-state index contributed by atoms with van der Waals surface area (Å²) in [7, 11) is 0. The Labute approximate surface area is 815 Å². The molecule has 0 atom stereocenters. The summed E-state index contributed by atoms with van der Waals surface area (Å²) in [5.74, 6) is 0. The van der Waals surface area contributed by atoms with Crippen molar-refractivity contribution in [2.75, 3.05) is 0 Å². The molecular formula is C128H76N4O4S4. The Morgan fingerprint density at radius 1 is 0.157 bits per heavy atom. The zero-order chi connectivity index (χ0) is 91.7. The van der Waals surface area contributed by atoms with Gasteiger partial charge in [-0.2, -0.15) is 0 Å². The van der Waals surface area contributed by atoms with Crippen molar-refractivity contribution in [1.29, 1.82) is 0 Å². The smallest absolute Gasteiger partial charge is 0.161 e. The SMILES string of the molecule is c1ccc(-n2c3ccccc3c3oc4ccc(-c5ccc6c(c5)sc5ccccc56)cc4c32)cc1.c1ccc(-n2c3ccccc3c3oc4ccc(-c5ccc6sc7ccccc7c6c5)cc4c32)cc1.c1ccc(-n2c3ccccc3c3oc4ccc(-c5cccc6c5sc5ccccc56)cc4c32)cc1.c1ccc(-n2c3ccccc3c3oc4ccc(-c5cccc6sc7ccccc7c56)cc4c32)cc1. The average Bonchev–Trinajstić information content (AvgIpc) is 1.57. The minimum Gasteiger partial charge on any atom is -0.454 e. The van der Waals surface area contributed by atoms with E-state index in [9.17, 15) is 0 Å². The quantitative estimate of drug-likeness (QED) is 0.152. The van der Waals surface area contributed by atoms with Gasteiger partial charge in [-0.1, -0.05) is 267 Å². The highest BCUT2D eigenvalue weighted by atomic mass is 32.1. The van der Waals surface area contributed by atoms with Crippen molar-refractivity contribution >= 4 is 258 Å². The second-order valence-electron chi connectivity index (χ2n) is 35.9. The van der Waals surface area contributed by atoms with Gasteiger partial charge in [-0.3, -0.25) is 0 Å². The van der Waals surface area contributed by atoms with E-state index in [0.717, 1.165) is 155 Å². The molecule has 0 fully saturated rings. The first-order valence-corrected chi connectivity index (χ1v) is 50.4. The predicted molar refractivity (Wildman–Crippen MR) is 596 cm³/mol. The van der Waals surface area contributed by atoms with E-state index in [0.29, 0.717) is 0 Å². The Bertz CT molecular complexity index is 10600. The fourth-order valence-corrected chi connectivity index (χ4v) is 26.4. The van der Waals surface area contributed by atoms with Gasteiger partial charge in [0.25, 0.3) is 0 Å². The van der Waals surface area contributed by atoms with Crippen LogP contribution in [0.5, 0.6) is 0 Å². The number of furan rings is 4. The van der Waals surface area contributed by atoms with Crippen LogP contribution in [-0.4, -0.2) is 18.3 Å². The maximum absolute atomic E-state index is 6.48. The lowest BCUT2D eigenvalue weighted by atomic mass is 9.98. The zero-order valence-corrected chi connectivity index (χ0v) is 78.2. The summed E-state index contributed by atoms with van der Waals surface area (Å²) in [6.07, 6.45) is 0. The molecule has 0 unspecified atom stereocenters. The predicted octanol–water partition coefficient (Wildman–Crippen LogP) is 38.3. The molecule has 0 bridgehead atoms. The van der Waals surface area contributed by atoms with E-state index in [2.05, 4.69) is 479 Å². The molecule has 0 N–H and O–H groups in total. The van der Waals surface area contributed by atoms with Crippen LogP contribution in [0.25, 0.3) is 280 Å². The first-order chi connectivity index (χ1) is 69.4. The first-order valence-electron chi connectivity index (χ1n) is 47.1. The molecule has 8 nitrogen and oxygen atoms in total. The Balaban J connectivity index is 0.0000000896. The van der Waals surface area contributed by atoms with Crippen molar-refractivity contribution in [3.63, 3.8) is 0 Å². The molecule has 0 spiro atoms. The molecule has 0 saturated heterocycles. The summed E-state index contributed by atoms with van der Waals surface area (Å²) < 4.78 is 45.8. The lowest BCUT2D eigenvalue weighted by molar-refractivity contribution is 0.672. The van der Waals surface area contributed by atoms with Crippen LogP contribution in [0.3, 0.4) is 0 Å². The van der Waals surface area contributed by atoms with Gasteiger partial charge in [-0.05, 0) is 239 Å². The molecule has 0 radical (unpaired) electrons. The van der Waals surface area contributed by atoms with Crippen LogP contribution >= 0.6 is 45.3 Å². The molecule has 32 aromatic rings. The number of para-hydroxylation sites is 8. The number of hydrogen-bond donors (Lipinski definition) is 0. The van der Waals surface area contributed by atoms with Gasteiger partial charge < -0.3 is 35.9 Å². The van der Waals surface area contributed by atoms with E-state index >= 15 is 0 Å². The second-order valence-corrected chi connectivity index (χ2v) is 40.2. The number of benzene rings is 20. The van der Waals surface area contributed by atoms with E-state index in [1.54, 1.807) is 0 Å². The summed E-state index contributed by atoms with van der Waals surface area (Å²) in [6.45, 7) is 0. The van der Waals surface area contributed by atoms with Crippen LogP contribution in [0.2, 0.25) is 0 Å². The maximum Gasteiger partial charge on any atom is 0.161 e. The fraction of sp³-hybridized carbons (Fsp3) is 0. The molecule has 32 rings (SSSR count). The summed E-state index contributed by atoms with van der Waals surface area (Å²) in [5.41, 5.74) is 30.9. The molecular weight excluding hydrogens is 1790 g/mol. The Hall–Kier alpha value is -17.4. The molecule has 12 heteroatoms. The number of thiophene rings is 4. The van der Waals surface area contributed by atoms with Crippen LogP contribution in [-0.2, 0) is 0 Å². The molecule has 12 aromatic heterocycles. The molecule has 656 valence electrons. The zero-order valence-electron chi connectivity index (χ0n) is 74.9. The van der Waals surface area contributed by atoms with E-state index in [1.165, 1.54) is 125 Å². The lowest BCUT2D eigenvalue weighted by Crippen LogP contribution is -1.92. The molecule has 0 amide bonds. The molecule has 140 heavy (non-hydrogen) atoms. The Morgan fingerprint density at radius 2 is 0.429 bits per heavy atom. The van der Waals surface area contributed by atoms with Crippen molar-refractivity contribution in [2.24, 2.45) is 0 Å². The van der Waals surface area contributed by atoms with Gasteiger partial charge >= 0.3 is 0 Å². The van der Waals surface area contributed by atoms with Crippen molar-refractivity contribution in [2.45, 2.75) is 0 Å². The van der Waals surface area contributed by atoms with Gasteiger partial charge in [-0.25, -0.2) is 0 Å². The van der Waals surface area contributed by atoms with Gasteiger partial charge in [0.2, 0.25) is 0 Å². The molecule has 12 heterocycles. The topological polar surface area (TPSA) is 72.3 Å². The van der Waals surface area contributed by atoms with Crippen molar-refractivity contribution in [3.05, 3.63) is 461 Å². The normalized spacial score (nSPS) is 12.0. The number of aromatic nitrogens is 4. The molecule has 0 saturated carbocycles. The summed E-state index contributed by atoms with van der Waals surface area (Å²) in [6, 6.07) is 164. The van der Waals surface area contributed by atoms with Crippen LogP contribution in [0.1, 0.15) is 0 Å². The second kappa shape index (κ2) is 32.2. The van der Waals surface area contributed by atoms with Crippen molar-refractivity contribution < 1.29 is 17.7 Å². The van der Waals surface area contributed by atoms with Gasteiger partial charge in [0.15, 0.2) is 22.3 Å². The minimum atomic E-state index is 0.913. The summed E-state index contributed by atoms with van der Waals surface area (Å²) in [4.78, 5) is 0. The van der Waals surface area contributed by atoms with Gasteiger partial charge in [0.1, 0.15) is 44.4 Å². The minimum absolute atomic E-state index is 0.913. The van der Waals surface area contributed by atoms with E-state index in [-0.39, 0.29) is 0 Å². The van der Waals surface area contributed by atoms with Gasteiger partial charge in [0.05, 0.1) is 22.1 Å². The lowest BCUT2D eigenvalue weighted by Gasteiger charge is -2.08. The van der Waals surface area contributed by atoms with Crippen LogP contribution in [0.4, 0.5) is 0 Å². The summed E-state index contributed by atoms with van der Waals surface area (Å²) in [5, 5.41) is 19.7. The molecule has 0 aliphatic rings. The van der Waals surface area contributed by atoms with E-state index in [4.69, 9.17) is 17.7 Å². The number of hydrogen-bond acceptors (Lipinski definition) is 8. The molecule has 20 aromatic carbocycles. The van der Waals surface area contributed by atoms with Crippen LogP contribution in [0.15, 0.2) is 479 Å². The van der Waals surface area contributed by atoms with Gasteiger partial charge in [-0.15, -0.1) is 45.3 Å². The number of nitrogens with zero attached hydrogens (tertiary/aromatic N) is 4. The Kier molecular flexibility index (Phi) is 18.4. The van der Waals surface area contributed by atoms with E-state index < -0.39 is 0 Å². The Morgan fingerprint density at radius 3 is 0.871 bits per heavy atom. The first kappa shape index (κ1) is 80.0. The largest absolute Gasteiger partial charge is 0.454 e. The summed E-state index contributed by atoms with van der Waals surface area (Å²) >= 11 is 7.44. The van der Waals surface area contributed by atoms with Gasteiger partial charge in [0, 0.05) is 147 Å². The van der Waals surface area contributed by atoms with Crippen molar-refractivity contribution in [1.82, 2.24) is 18.3 Å². The standard InChI is InChI=1S/4C32H19NOS/c1-2-9-21(10-3-1)33-27-15-6-4-12-25(27)31-30(33)26-19-20(17-18-28(26)34-31)22-13-8-14-24-23-11-5-7-16-29(23)35-32(22)24;1-2-9-21(10-3-1)33-26-14-6-4-11-23(26)32-31(33)25-19-20(17-18-27(25)34-32)22-13-8-16-29-30(22)24-12-5-7-15-28(24)35-29;1-2-8-22(9-3-1)33-27-12-6-4-11-25(27)32-31(33)26-18-20(15-17-28(26)34-32)21-14-16-24-23-10-5-7-13-29(23)35-30(24)19-21;1-2-8-22(9-3-1)33-27-12-6-4-11-24(27)32-31(33)26-19-20(14-16-28(26)34-32)21-15-17-30-25(18-21)23-10-5-7-13-29(23)35-30/h4*1-19H. The maximum atomic E-state index is 6.48. The highest BCUT2D eigenvalue weighted by Crippen LogP contribution is 2.51. The van der Waals surface area contributed by atoms with Crippen LogP contribution < -0.4 is 0 Å². The van der Waals surface area contributed by atoms with E-state index in [1.807, 2.05) is 45.3 Å². The average molecular weight is 1860 g/mol. The number of fused-ring (bicyclic) bond motifs is 32. The van der Waals surface area contributed by atoms with Crippen molar-refractivity contribution in [3.8, 4) is 67.3 Å². The van der Waals surface area contributed by atoms with Crippen LogP contribution in [0, 0.1) is 0 Å². The third-order valence-electron chi connectivity index (χ3n) is 28.0. The monoisotopic (exact) mass is 1860 g/mol.